The van der Waals surface area contributed by atoms with Crippen LogP contribution in [0.2, 0.25) is 0 Å². The van der Waals surface area contributed by atoms with Gasteiger partial charge < -0.3 is 9.97 Å². The minimum Gasteiger partial charge on any atom is -0.344 e. The Morgan fingerprint density at radius 2 is 1.83 bits per heavy atom. The first-order valence-electron chi connectivity index (χ1n) is 7.46. The Morgan fingerprint density at radius 3 is 2.57 bits per heavy atom. The molecule has 0 atom stereocenters. The normalized spacial score (nSPS) is 11.0. The van der Waals surface area contributed by atoms with Gasteiger partial charge in [0.1, 0.15) is 5.82 Å². The molecule has 4 heteroatoms. The Bertz CT molecular complexity index is 1030. The number of pyridine rings is 1. The Kier molecular flexibility index (Phi) is 3.08. The number of H-pyrrole nitrogens is 2. The maximum atomic E-state index is 12.7. The van der Waals surface area contributed by atoms with Crippen LogP contribution in [0.3, 0.4) is 0 Å². The highest BCUT2D eigenvalue weighted by Crippen LogP contribution is 2.33. The summed E-state index contributed by atoms with van der Waals surface area (Å²) in [5.74, 6) is 0.577. The van der Waals surface area contributed by atoms with Crippen molar-refractivity contribution in [1.82, 2.24) is 15.0 Å². The highest BCUT2D eigenvalue weighted by Gasteiger charge is 2.17. The molecule has 0 aliphatic carbocycles. The maximum Gasteiger partial charge on any atom is 0.260 e. The molecule has 2 N–H and O–H groups in total. The minimum atomic E-state index is -0.143. The zero-order valence-corrected chi connectivity index (χ0v) is 12.6. The van der Waals surface area contributed by atoms with E-state index in [9.17, 15) is 4.79 Å². The molecule has 2 aromatic carbocycles. The van der Waals surface area contributed by atoms with Crippen molar-refractivity contribution in [3.05, 3.63) is 76.8 Å². The van der Waals surface area contributed by atoms with Gasteiger partial charge >= 0.3 is 0 Å². The van der Waals surface area contributed by atoms with E-state index in [0.717, 1.165) is 27.6 Å². The summed E-state index contributed by atoms with van der Waals surface area (Å²) in [6, 6.07) is 16.0. The van der Waals surface area contributed by atoms with Crippen molar-refractivity contribution in [2.24, 2.45) is 0 Å². The minimum absolute atomic E-state index is 0.143. The lowest BCUT2D eigenvalue weighted by atomic mass is 9.95. The van der Waals surface area contributed by atoms with Crippen LogP contribution in [-0.4, -0.2) is 15.0 Å². The zero-order chi connectivity index (χ0) is 15.8. The Morgan fingerprint density at radius 1 is 1.00 bits per heavy atom. The van der Waals surface area contributed by atoms with Crippen LogP contribution in [0.1, 0.15) is 5.56 Å². The lowest BCUT2D eigenvalue weighted by Crippen LogP contribution is -2.12. The van der Waals surface area contributed by atoms with E-state index in [0.29, 0.717) is 11.4 Å². The summed E-state index contributed by atoms with van der Waals surface area (Å²) in [7, 11) is 0. The fraction of sp³-hybridized carbons (Fsp3) is 0.0526. The van der Waals surface area contributed by atoms with Crippen molar-refractivity contribution in [1.29, 1.82) is 0 Å². The summed E-state index contributed by atoms with van der Waals surface area (Å²) in [6.07, 6.45) is 3.38. The first-order chi connectivity index (χ1) is 11.2. The standard InChI is InChI=1S/C19H15N3O/c1-12-7-8-15-14(11-12)16(13-5-3-2-4-6-13)17(19(23)22-15)18-20-9-10-21-18/h2-11H,1H3,(H,20,21)(H,22,23). The van der Waals surface area contributed by atoms with Crippen LogP contribution < -0.4 is 5.56 Å². The maximum absolute atomic E-state index is 12.7. The molecule has 0 spiro atoms. The number of rotatable bonds is 2. The lowest BCUT2D eigenvalue weighted by Gasteiger charge is -2.12. The summed E-state index contributed by atoms with van der Waals surface area (Å²) < 4.78 is 0. The molecule has 23 heavy (non-hydrogen) atoms. The van der Waals surface area contributed by atoms with Gasteiger partial charge in [-0.25, -0.2) is 4.98 Å². The Labute approximate surface area is 132 Å². The van der Waals surface area contributed by atoms with E-state index in [1.54, 1.807) is 12.4 Å². The van der Waals surface area contributed by atoms with Crippen molar-refractivity contribution in [2.45, 2.75) is 6.92 Å². The van der Waals surface area contributed by atoms with Crippen molar-refractivity contribution < 1.29 is 0 Å². The number of hydrogen-bond donors (Lipinski definition) is 2. The van der Waals surface area contributed by atoms with Crippen LogP contribution in [0.5, 0.6) is 0 Å². The van der Waals surface area contributed by atoms with E-state index in [1.165, 1.54) is 0 Å². The highest BCUT2D eigenvalue weighted by molar-refractivity contribution is 6.01. The van der Waals surface area contributed by atoms with Gasteiger partial charge in [0.25, 0.3) is 5.56 Å². The SMILES string of the molecule is Cc1ccc2[nH]c(=O)c(-c3ncc[nH]3)c(-c3ccccc3)c2c1. The van der Waals surface area contributed by atoms with Gasteiger partial charge in [-0.1, -0.05) is 42.0 Å². The number of imidazole rings is 1. The van der Waals surface area contributed by atoms with Gasteiger partial charge in [-0.15, -0.1) is 0 Å². The molecule has 2 aromatic heterocycles. The second-order valence-electron chi connectivity index (χ2n) is 5.56. The smallest absolute Gasteiger partial charge is 0.260 e. The average molecular weight is 301 g/mol. The second kappa shape index (κ2) is 5.25. The van der Waals surface area contributed by atoms with E-state index >= 15 is 0 Å². The number of benzene rings is 2. The molecule has 0 saturated heterocycles. The quantitative estimate of drug-likeness (QED) is 0.590. The molecule has 0 aliphatic rings. The van der Waals surface area contributed by atoms with E-state index < -0.39 is 0 Å². The summed E-state index contributed by atoms with van der Waals surface area (Å²) in [5, 5.41) is 1.02. The van der Waals surface area contributed by atoms with Gasteiger partial charge in [-0.05, 0) is 24.6 Å². The van der Waals surface area contributed by atoms with Crippen molar-refractivity contribution in [2.75, 3.05) is 0 Å². The largest absolute Gasteiger partial charge is 0.344 e. The summed E-state index contributed by atoms with van der Waals surface area (Å²) in [4.78, 5) is 23.0. The number of nitrogens with zero attached hydrogens (tertiary/aromatic N) is 1. The Balaban J connectivity index is 2.20. The van der Waals surface area contributed by atoms with E-state index in [1.807, 2.05) is 49.4 Å². The third kappa shape index (κ3) is 2.25. The number of aryl methyl sites for hydroxylation is 1. The van der Waals surface area contributed by atoms with Gasteiger partial charge in [-0.3, -0.25) is 4.79 Å². The molecule has 0 aliphatic heterocycles. The molecular formula is C19H15N3O. The molecule has 4 rings (SSSR count). The Hall–Kier alpha value is -3.14. The van der Waals surface area contributed by atoms with Crippen LogP contribution in [0, 0.1) is 6.92 Å². The topological polar surface area (TPSA) is 61.5 Å². The second-order valence-corrected chi connectivity index (χ2v) is 5.56. The molecule has 0 fully saturated rings. The predicted octanol–water partition coefficient (Wildman–Crippen LogP) is 3.89. The highest BCUT2D eigenvalue weighted by atomic mass is 16.1. The number of nitrogens with one attached hydrogen (secondary N) is 2. The number of hydrogen-bond acceptors (Lipinski definition) is 2. The van der Waals surface area contributed by atoms with E-state index in [-0.39, 0.29) is 5.56 Å². The summed E-state index contributed by atoms with van der Waals surface area (Å²) in [5.41, 5.74) is 4.31. The number of aromatic nitrogens is 3. The van der Waals surface area contributed by atoms with Crippen molar-refractivity contribution >= 4 is 10.9 Å². The van der Waals surface area contributed by atoms with E-state index in [4.69, 9.17) is 0 Å². The zero-order valence-electron chi connectivity index (χ0n) is 12.6. The molecule has 0 saturated carbocycles. The number of aromatic amines is 2. The van der Waals surface area contributed by atoms with Gasteiger partial charge in [0, 0.05) is 28.9 Å². The van der Waals surface area contributed by atoms with Gasteiger partial charge in [-0.2, -0.15) is 0 Å². The third-order valence-corrected chi connectivity index (χ3v) is 3.97. The lowest BCUT2D eigenvalue weighted by molar-refractivity contribution is 1.24. The average Bonchev–Trinajstić information content (AvgIpc) is 3.09. The molecule has 112 valence electrons. The summed E-state index contributed by atoms with van der Waals surface area (Å²) in [6.45, 7) is 2.05. The van der Waals surface area contributed by atoms with Crippen LogP contribution >= 0.6 is 0 Å². The van der Waals surface area contributed by atoms with Gasteiger partial charge in [0.05, 0.1) is 5.56 Å². The monoisotopic (exact) mass is 301 g/mol. The van der Waals surface area contributed by atoms with Gasteiger partial charge in [0.2, 0.25) is 0 Å². The summed E-state index contributed by atoms with van der Waals surface area (Å²) >= 11 is 0. The predicted molar refractivity (Wildman–Crippen MR) is 92.3 cm³/mol. The molecule has 2 heterocycles. The molecule has 0 unspecified atom stereocenters. The van der Waals surface area contributed by atoms with Crippen molar-refractivity contribution in [3.8, 4) is 22.5 Å². The van der Waals surface area contributed by atoms with E-state index in [2.05, 4.69) is 21.0 Å². The molecule has 4 aromatic rings. The fourth-order valence-corrected chi connectivity index (χ4v) is 2.94. The number of fused-ring (bicyclic) bond motifs is 1. The molecule has 4 nitrogen and oxygen atoms in total. The van der Waals surface area contributed by atoms with Crippen LogP contribution in [0.15, 0.2) is 65.7 Å². The molecule has 0 bridgehead atoms. The molecular weight excluding hydrogens is 286 g/mol. The first kappa shape index (κ1) is 13.5. The molecule has 0 radical (unpaired) electrons. The van der Waals surface area contributed by atoms with Gasteiger partial charge in [0.15, 0.2) is 0 Å². The van der Waals surface area contributed by atoms with Crippen LogP contribution in [-0.2, 0) is 0 Å². The van der Waals surface area contributed by atoms with Crippen molar-refractivity contribution in [3.63, 3.8) is 0 Å². The fourth-order valence-electron chi connectivity index (χ4n) is 2.94. The van der Waals surface area contributed by atoms with Crippen LogP contribution in [0.25, 0.3) is 33.4 Å². The third-order valence-electron chi connectivity index (χ3n) is 3.97. The molecule has 0 amide bonds. The van der Waals surface area contributed by atoms with Crippen LogP contribution in [0.4, 0.5) is 0 Å². The first-order valence-corrected chi connectivity index (χ1v) is 7.46.